The molecule has 0 atom stereocenters. The fourth-order valence-electron chi connectivity index (χ4n) is 0.941. The van der Waals surface area contributed by atoms with E-state index in [1.807, 2.05) is 0 Å². The zero-order valence-corrected chi connectivity index (χ0v) is 9.10. The van der Waals surface area contributed by atoms with Crippen molar-refractivity contribution >= 4 is 0 Å². The van der Waals surface area contributed by atoms with Gasteiger partial charge in [0.2, 0.25) is 0 Å². The minimum Gasteiger partial charge on any atom is -0.504 e. The van der Waals surface area contributed by atoms with E-state index in [1.54, 1.807) is 19.1 Å². The summed E-state index contributed by atoms with van der Waals surface area (Å²) in [6, 6.07) is 6.15. The first-order valence-corrected chi connectivity index (χ1v) is 4.76. The van der Waals surface area contributed by atoms with Crippen LogP contribution in [0.15, 0.2) is 40.1 Å². The number of H-pyrrole nitrogens is 2. The Kier molecular flexibility index (Phi) is 4.10. The molecule has 0 aliphatic heterocycles. The second-order valence-corrected chi connectivity index (χ2v) is 3.24. The van der Waals surface area contributed by atoms with Gasteiger partial charge < -0.3 is 15.2 Å². The largest absolute Gasteiger partial charge is 0.504 e. The van der Waals surface area contributed by atoms with Gasteiger partial charge in [-0.25, -0.2) is 4.79 Å². The van der Waals surface area contributed by atoms with Crippen molar-refractivity contribution in [2.45, 2.75) is 6.92 Å². The van der Waals surface area contributed by atoms with Crippen molar-refractivity contribution in [2.24, 2.45) is 0 Å². The Balaban J connectivity index is 0.000000171. The minimum absolute atomic E-state index is 0.0764. The SMILES string of the molecule is Cc1c[nH]c(=O)[nH]c1=O.Oc1ccccc1O. The molecule has 0 aliphatic carbocycles. The molecule has 17 heavy (non-hydrogen) atoms. The average Bonchev–Trinajstić information content (AvgIpc) is 2.29. The zero-order valence-electron chi connectivity index (χ0n) is 9.10. The van der Waals surface area contributed by atoms with Crippen LogP contribution in [0.25, 0.3) is 0 Å². The van der Waals surface area contributed by atoms with Gasteiger partial charge in [-0.2, -0.15) is 0 Å². The van der Waals surface area contributed by atoms with Crippen LogP contribution in [0.5, 0.6) is 11.5 Å². The van der Waals surface area contributed by atoms with Crippen molar-refractivity contribution < 1.29 is 10.2 Å². The summed E-state index contributed by atoms with van der Waals surface area (Å²) in [5, 5.41) is 17.3. The van der Waals surface area contributed by atoms with E-state index in [9.17, 15) is 9.59 Å². The molecule has 1 heterocycles. The van der Waals surface area contributed by atoms with Crippen LogP contribution in [0, 0.1) is 6.92 Å². The number of nitrogens with one attached hydrogen (secondary N) is 2. The molecule has 0 fully saturated rings. The molecule has 0 aliphatic rings. The Hall–Kier alpha value is -2.50. The first-order valence-electron chi connectivity index (χ1n) is 4.76. The van der Waals surface area contributed by atoms with Gasteiger partial charge in [0.05, 0.1) is 0 Å². The highest BCUT2D eigenvalue weighted by molar-refractivity contribution is 5.36. The Morgan fingerprint density at radius 3 is 1.94 bits per heavy atom. The number of phenols is 2. The normalized spacial score (nSPS) is 9.24. The standard InChI is InChI=1S/C6H6O2.C5H6N2O2/c7-5-3-1-2-4-6(5)8;1-3-2-6-5(9)7-4(3)8/h1-4,7-8H;2H,1H3,(H2,6,7,8,9). The third-order valence-corrected chi connectivity index (χ3v) is 1.89. The van der Waals surface area contributed by atoms with Crippen molar-refractivity contribution in [3.8, 4) is 11.5 Å². The molecular weight excluding hydrogens is 224 g/mol. The Morgan fingerprint density at radius 2 is 1.59 bits per heavy atom. The number of aryl methyl sites for hydroxylation is 1. The molecule has 90 valence electrons. The highest BCUT2D eigenvalue weighted by atomic mass is 16.3. The number of para-hydroxylation sites is 2. The summed E-state index contributed by atoms with van der Waals surface area (Å²) in [6.45, 7) is 1.62. The fraction of sp³-hybridized carbons (Fsp3) is 0.0909. The van der Waals surface area contributed by atoms with E-state index in [2.05, 4.69) is 9.97 Å². The van der Waals surface area contributed by atoms with Crippen molar-refractivity contribution in [3.63, 3.8) is 0 Å². The minimum atomic E-state index is -0.467. The highest BCUT2D eigenvalue weighted by Gasteiger charge is 1.90. The number of phenolic OH excluding ortho intramolecular Hbond substituents is 2. The van der Waals surface area contributed by atoms with Crippen molar-refractivity contribution in [2.75, 3.05) is 0 Å². The Labute approximate surface area is 96.2 Å². The van der Waals surface area contributed by atoms with Crippen LogP contribution in [0.4, 0.5) is 0 Å². The van der Waals surface area contributed by atoms with Gasteiger partial charge in [-0.3, -0.25) is 9.78 Å². The molecule has 0 radical (unpaired) electrons. The summed E-state index contributed by atoms with van der Waals surface area (Å²) < 4.78 is 0. The number of hydrogen-bond donors (Lipinski definition) is 4. The summed E-state index contributed by atoms with van der Waals surface area (Å²) in [5.74, 6) is -0.153. The van der Waals surface area contributed by atoms with Crippen LogP contribution in [-0.4, -0.2) is 20.2 Å². The molecule has 0 amide bonds. The molecule has 0 spiro atoms. The predicted molar refractivity (Wildman–Crippen MR) is 62.2 cm³/mol. The maximum absolute atomic E-state index is 10.6. The maximum Gasteiger partial charge on any atom is 0.325 e. The molecule has 6 nitrogen and oxygen atoms in total. The number of aromatic nitrogens is 2. The van der Waals surface area contributed by atoms with Crippen molar-refractivity contribution in [3.05, 3.63) is 56.9 Å². The summed E-state index contributed by atoms with van der Waals surface area (Å²) in [4.78, 5) is 25.3. The number of benzene rings is 1. The van der Waals surface area contributed by atoms with Gasteiger partial charge in [0.15, 0.2) is 11.5 Å². The van der Waals surface area contributed by atoms with Crippen LogP contribution in [0.3, 0.4) is 0 Å². The number of aromatic hydroxyl groups is 2. The number of rotatable bonds is 0. The summed E-state index contributed by atoms with van der Waals surface area (Å²) >= 11 is 0. The van der Waals surface area contributed by atoms with Crippen molar-refractivity contribution in [1.29, 1.82) is 0 Å². The summed E-state index contributed by atoms with van der Waals surface area (Å²) in [7, 11) is 0. The van der Waals surface area contributed by atoms with Crippen LogP contribution in [0.1, 0.15) is 5.56 Å². The van der Waals surface area contributed by atoms with E-state index in [1.165, 1.54) is 18.3 Å². The molecule has 2 aromatic rings. The van der Waals surface area contributed by atoms with E-state index in [4.69, 9.17) is 10.2 Å². The van der Waals surface area contributed by atoms with Crippen LogP contribution in [0.2, 0.25) is 0 Å². The van der Waals surface area contributed by atoms with Gasteiger partial charge in [-0.1, -0.05) is 12.1 Å². The Bertz CT molecular complexity index is 580. The van der Waals surface area contributed by atoms with E-state index >= 15 is 0 Å². The molecule has 1 aromatic heterocycles. The molecule has 6 heteroatoms. The molecular formula is C11H12N2O4. The van der Waals surface area contributed by atoms with Gasteiger partial charge >= 0.3 is 5.69 Å². The third kappa shape index (κ3) is 3.86. The maximum atomic E-state index is 10.6. The molecule has 1 aromatic carbocycles. The average molecular weight is 236 g/mol. The Morgan fingerprint density at radius 1 is 1.06 bits per heavy atom. The van der Waals surface area contributed by atoms with Gasteiger partial charge in [0.1, 0.15) is 0 Å². The third-order valence-electron chi connectivity index (χ3n) is 1.89. The molecule has 0 saturated heterocycles. The van der Waals surface area contributed by atoms with Crippen LogP contribution >= 0.6 is 0 Å². The number of aromatic amines is 2. The second kappa shape index (κ2) is 5.55. The molecule has 2 rings (SSSR count). The van der Waals surface area contributed by atoms with Crippen LogP contribution < -0.4 is 11.2 Å². The quantitative estimate of drug-likeness (QED) is 0.499. The van der Waals surface area contributed by atoms with Crippen LogP contribution in [-0.2, 0) is 0 Å². The first kappa shape index (κ1) is 12.6. The first-order chi connectivity index (χ1) is 8.00. The lowest BCUT2D eigenvalue weighted by Gasteiger charge is -1.91. The smallest absolute Gasteiger partial charge is 0.325 e. The monoisotopic (exact) mass is 236 g/mol. The van der Waals surface area contributed by atoms with Gasteiger partial charge in [-0.15, -0.1) is 0 Å². The lowest BCUT2D eigenvalue weighted by Crippen LogP contribution is -2.22. The highest BCUT2D eigenvalue weighted by Crippen LogP contribution is 2.21. The van der Waals surface area contributed by atoms with E-state index in [-0.39, 0.29) is 17.1 Å². The van der Waals surface area contributed by atoms with Gasteiger partial charge in [-0.05, 0) is 19.1 Å². The van der Waals surface area contributed by atoms with Crippen molar-refractivity contribution in [1.82, 2.24) is 9.97 Å². The molecule has 0 bridgehead atoms. The van der Waals surface area contributed by atoms with Gasteiger partial charge in [0.25, 0.3) is 5.56 Å². The second-order valence-electron chi connectivity index (χ2n) is 3.24. The number of hydrogen-bond acceptors (Lipinski definition) is 4. The zero-order chi connectivity index (χ0) is 12.8. The van der Waals surface area contributed by atoms with Gasteiger partial charge in [0, 0.05) is 11.8 Å². The van der Waals surface area contributed by atoms with E-state index in [0.29, 0.717) is 5.56 Å². The van der Waals surface area contributed by atoms with E-state index < -0.39 is 5.69 Å². The molecule has 0 saturated carbocycles. The predicted octanol–water partition coefficient (Wildman–Crippen LogP) is 0.469. The molecule has 4 N–H and O–H groups in total. The molecule has 0 unspecified atom stereocenters. The lowest BCUT2D eigenvalue weighted by molar-refractivity contribution is 0.404. The summed E-state index contributed by atoms with van der Waals surface area (Å²) in [6.07, 6.45) is 1.38. The lowest BCUT2D eigenvalue weighted by atomic mass is 10.3. The van der Waals surface area contributed by atoms with E-state index in [0.717, 1.165) is 0 Å². The summed E-state index contributed by atoms with van der Waals surface area (Å²) in [5.41, 5.74) is -0.293. The topological polar surface area (TPSA) is 106 Å². The fourth-order valence-corrected chi connectivity index (χ4v) is 0.941.